The predicted octanol–water partition coefficient (Wildman–Crippen LogP) is 7.70. The Morgan fingerprint density at radius 1 is 0.562 bits per heavy atom. The summed E-state index contributed by atoms with van der Waals surface area (Å²) < 4.78 is 0. The van der Waals surface area contributed by atoms with E-state index in [0.717, 1.165) is 28.2 Å². The summed E-state index contributed by atoms with van der Waals surface area (Å²) in [6.07, 6.45) is 1.89. The molecule has 0 aromatic heterocycles. The molecular formula is C29H26OS2. The molecule has 0 saturated heterocycles. The standard InChI is InChI=1S/C29H26OS2/c30-20-19-29(25-15-11-23(12-16-25)21-31-27-7-3-1-4-8-27)26-17-13-24(14-18-26)22-32-28-9-5-2-6-10-28/h1-19,30H,20-22H2. The summed E-state index contributed by atoms with van der Waals surface area (Å²) in [5.74, 6) is 1.88. The van der Waals surface area contributed by atoms with Crippen LogP contribution in [-0.4, -0.2) is 11.7 Å². The van der Waals surface area contributed by atoms with E-state index in [1.54, 1.807) is 0 Å². The molecule has 0 fully saturated rings. The molecule has 0 atom stereocenters. The maximum absolute atomic E-state index is 9.61. The van der Waals surface area contributed by atoms with E-state index in [4.69, 9.17) is 0 Å². The van der Waals surface area contributed by atoms with Gasteiger partial charge in [-0.15, -0.1) is 23.5 Å². The third-order valence-corrected chi connectivity index (χ3v) is 7.29. The van der Waals surface area contributed by atoms with Crippen LogP contribution in [0.15, 0.2) is 125 Å². The summed E-state index contributed by atoms with van der Waals surface area (Å²) >= 11 is 3.68. The van der Waals surface area contributed by atoms with Crippen LogP contribution in [0.3, 0.4) is 0 Å². The van der Waals surface area contributed by atoms with E-state index in [1.807, 2.05) is 41.7 Å². The summed E-state index contributed by atoms with van der Waals surface area (Å²) in [7, 11) is 0. The van der Waals surface area contributed by atoms with Crippen LogP contribution in [-0.2, 0) is 11.5 Å². The first-order valence-corrected chi connectivity index (χ1v) is 12.6. The monoisotopic (exact) mass is 454 g/mol. The van der Waals surface area contributed by atoms with Crippen LogP contribution in [0.4, 0.5) is 0 Å². The minimum absolute atomic E-state index is 0.0204. The highest BCUT2D eigenvalue weighted by molar-refractivity contribution is 7.98. The molecule has 3 heteroatoms. The van der Waals surface area contributed by atoms with Gasteiger partial charge in [0.25, 0.3) is 0 Å². The number of benzene rings is 4. The second kappa shape index (κ2) is 11.8. The van der Waals surface area contributed by atoms with Gasteiger partial charge in [-0.05, 0) is 52.1 Å². The molecule has 0 spiro atoms. The lowest BCUT2D eigenvalue weighted by atomic mass is 9.96. The van der Waals surface area contributed by atoms with Crippen LogP contribution in [0, 0.1) is 0 Å². The van der Waals surface area contributed by atoms with Crippen molar-refractivity contribution in [3.8, 4) is 0 Å². The molecule has 0 amide bonds. The highest BCUT2D eigenvalue weighted by atomic mass is 32.2. The average Bonchev–Trinajstić information content (AvgIpc) is 2.87. The van der Waals surface area contributed by atoms with Gasteiger partial charge in [-0.2, -0.15) is 0 Å². The first-order chi connectivity index (χ1) is 15.8. The Kier molecular flexibility index (Phi) is 8.27. The molecule has 1 N–H and O–H groups in total. The molecule has 0 aliphatic heterocycles. The first-order valence-electron chi connectivity index (χ1n) is 10.7. The van der Waals surface area contributed by atoms with Gasteiger partial charge in [0.15, 0.2) is 0 Å². The van der Waals surface area contributed by atoms with Crippen molar-refractivity contribution in [1.82, 2.24) is 0 Å². The van der Waals surface area contributed by atoms with E-state index in [0.29, 0.717) is 0 Å². The fourth-order valence-corrected chi connectivity index (χ4v) is 5.17. The zero-order valence-electron chi connectivity index (χ0n) is 17.9. The molecule has 160 valence electrons. The number of rotatable bonds is 9. The van der Waals surface area contributed by atoms with E-state index >= 15 is 0 Å². The maximum Gasteiger partial charge on any atom is 0.0621 e. The van der Waals surface area contributed by atoms with Crippen molar-refractivity contribution in [3.05, 3.63) is 138 Å². The van der Waals surface area contributed by atoms with Crippen molar-refractivity contribution < 1.29 is 5.11 Å². The summed E-state index contributed by atoms with van der Waals surface area (Å²) in [4.78, 5) is 2.56. The quantitative estimate of drug-likeness (QED) is 0.262. The van der Waals surface area contributed by atoms with Crippen molar-refractivity contribution in [2.24, 2.45) is 0 Å². The molecule has 0 aliphatic rings. The number of hydrogen-bond donors (Lipinski definition) is 1. The molecule has 1 nitrogen and oxygen atoms in total. The molecule has 0 radical (unpaired) electrons. The third-order valence-electron chi connectivity index (χ3n) is 5.12. The van der Waals surface area contributed by atoms with Gasteiger partial charge in [0.1, 0.15) is 0 Å². The molecule has 0 aliphatic carbocycles. The van der Waals surface area contributed by atoms with Gasteiger partial charge >= 0.3 is 0 Å². The molecule has 32 heavy (non-hydrogen) atoms. The minimum atomic E-state index is 0.0204. The maximum atomic E-state index is 9.61. The zero-order chi connectivity index (χ0) is 22.0. The van der Waals surface area contributed by atoms with Gasteiger partial charge in [-0.1, -0.05) is 91.0 Å². The fourth-order valence-electron chi connectivity index (χ4n) is 3.42. The van der Waals surface area contributed by atoms with Crippen LogP contribution in [0.1, 0.15) is 22.3 Å². The molecule has 4 rings (SSSR count). The lowest BCUT2D eigenvalue weighted by molar-refractivity contribution is 0.343. The summed E-state index contributed by atoms with van der Waals surface area (Å²) in [5.41, 5.74) is 5.90. The molecule has 0 unspecified atom stereocenters. The summed E-state index contributed by atoms with van der Waals surface area (Å²) in [5, 5.41) is 9.61. The van der Waals surface area contributed by atoms with Crippen molar-refractivity contribution in [2.45, 2.75) is 21.3 Å². The van der Waals surface area contributed by atoms with Gasteiger partial charge in [0, 0.05) is 21.3 Å². The van der Waals surface area contributed by atoms with Crippen molar-refractivity contribution in [2.75, 3.05) is 6.61 Å². The van der Waals surface area contributed by atoms with Gasteiger partial charge in [0.2, 0.25) is 0 Å². The van der Waals surface area contributed by atoms with E-state index in [9.17, 15) is 5.11 Å². The Labute approximate surface area is 199 Å². The Morgan fingerprint density at radius 3 is 1.34 bits per heavy atom. The topological polar surface area (TPSA) is 20.2 Å². The summed E-state index contributed by atoms with van der Waals surface area (Å²) in [6.45, 7) is 0.0204. The van der Waals surface area contributed by atoms with Gasteiger partial charge < -0.3 is 5.11 Å². The minimum Gasteiger partial charge on any atom is -0.392 e. The molecule has 4 aromatic carbocycles. The number of hydrogen-bond acceptors (Lipinski definition) is 3. The van der Waals surface area contributed by atoms with E-state index in [-0.39, 0.29) is 6.61 Å². The van der Waals surface area contributed by atoms with Gasteiger partial charge in [-0.3, -0.25) is 0 Å². The second-order valence-corrected chi connectivity index (χ2v) is 9.50. The molecule has 0 saturated carbocycles. The zero-order valence-corrected chi connectivity index (χ0v) is 19.5. The SMILES string of the molecule is OCC=C(c1ccc(CSc2ccccc2)cc1)c1ccc(CSc2ccccc2)cc1. The van der Waals surface area contributed by atoms with Crippen LogP contribution >= 0.6 is 23.5 Å². The Hall–Kier alpha value is -2.72. The molecule has 4 aromatic rings. The van der Waals surface area contributed by atoms with Crippen LogP contribution in [0.2, 0.25) is 0 Å². The normalized spacial score (nSPS) is 10.7. The Bertz CT molecular complexity index is 1030. The largest absolute Gasteiger partial charge is 0.392 e. The molecular weight excluding hydrogens is 428 g/mol. The lowest BCUT2D eigenvalue weighted by Gasteiger charge is -2.11. The predicted molar refractivity (Wildman–Crippen MR) is 139 cm³/mol. The summed E-state index contributed by atoms with van der Waals surface area (Å²) in [6, 6.07) is 38.3. The lowest BCUT2D eigenvalue weighted by Crippen LogP contribution is -1.92. The Morgan fingerprint density at radius 2 is 0.969 bits per heavy atom. The van der Waals surface area contributed by atoms with E-state index in [1.165, 1.54) is 20.9 Å². The third kappa shape index (κ3) is 6.39. The first kappa shape index (κ1) is 22.5. The number of aliphatic hydroxyl groups excluding tert-OH is 1. The smallest absolute Gasteiger partial charge is 0.0621 e. The molecule has 0 heterocycles. The van der Waals surface area contributed by atoms with E-state index < -0.39 is 0 Å². The average molecular weight is 455 g/mol. The van der Waals surface area contributed by atoms with Crippen molar-refractivity contribution in [3.63, 3.8) is 0 Å². The van der Waals surface area contributed by atoms with E-state index in [2.05, 4.69) is 97.1 Å². The fraction of sp³-hybridized carbons (Fsp3) is 0.103. The highest BCUT2D eigenvalue weighted by Gasteiger charge is 2.06. The Balaban J connectivity index is 1.42. The number of thioether (sulfide) groups is 2. The van der Waals surface area contributed by atoms with Crippen LogP contribution in [0.5, 0.6) is 0 Å². The van der Waals surface area contributed by atoms with Crippen molar-refractivity contribution in [1.29, 1.82) is 0 Å². The second-order valence-electron chi connectivity index (χ2n) is 7.40. The van der Waals surface area contributed by atoms with Gasteiger partial charge in [0.05, 0.1) is 6.61 Å². The van der Waals surface area contributed by atoms with Gasteiger partial charge in [-0.25, -0.2) is 0 Å². The van der Waals surface area contributed by atoms with Crippen LogP contribution in [0.25, 0.3) is 5.57 Å². The number of aliphatic hydroxyl groups is 1. The van der Waals surface area contributed by atoms with Crippen LogP contribution < -0.4 is 0 Å². The highest BCUT2D eigenvalue weighted by Crippen LogP contribution is 2.28. The molecule has 0 bridgehead atoms. The van der Waals surface area contributed by atoms with Crippen molar-refractivity contribution >= 4 is 29.1 Å².